The molecule has 0 aromatic heterocycles. The van der Waals surface area contributed by atoms with Gasteiger partial charge in [-0.05, 0) is 84.3 Å². The van der Waals surface area contributed by atoms with Crippen molar-refractivity contribution in [2.45, 2.75) is 25.7 Å². The molecule has 0 aliphatic rings. The third-order valence-electron chi connectivity index (χ3n) is 7.18. The van der Waals surface area contributed by atoms with E-state index >= 15 is 0 Å². The van der Waals surface area contributed by atoms with E-state index in [0.29, 0.717) is 0 Å². The highest BCUT2D eigenvalue weighted by molar-refractivity contribution is 5.79. The maximum Gasteiger partial charge on any atom is 0.130 e. The molecule has 6 heteroatoms. The standard InChI is InChI=1S/C34H38O6/c1-35-27-15-9-23(10-16-27)7-13-25-19-29(33(39-5)21-31(25)37-3)30-20-26(32(38-4)22-34(30)40-6)14-8-24-11-17-28(36-2)18-12-24/h9-12,15-22H,7-8,13-14H2,1-6H3. The predicted octanol–water partition coefficient (Wildman–Crippen LogP) is 6.98. The van der Waals surface area contributed by atoms with Crippen LogP contribution in [0.4, 0.5) is 0 Å². The largest absolute Gasteiger partial charge is 0.497 e. The Labute approximate surface area is 237 Å². The van der Waals surface area contributed by atoms with Crippen LogP contribution >= 0.6 is 0 Å². The monoisotopic (exact) mass is 542 g/mol. The van der Waals surface area contributed by atoms with E-state index in [1.165, 1.54) is 11.1 Å². The summed E-state index contributed by atoms with van der Waals surface area (Å²) in [5.74, 6) is 4.72. The van der Waals surface area contributed by atoms with Gasteiger partial charge >= 0.3 is 0 Å². The van der Waals surface area contributed by atoms with E-state index in [2.05, 4.69) is 36.4 Å². The molecule has 0 fully saturated rings. The third-order valence-corrected chi connectivity index (χ3v) is 7.18. The minimum Gasteiger partial charge on any atom is -0.497 e. The van der Waals surface area contributed by atoms with Gasteiger partial charge in [-0.2, -0.15) is 0 Å². The molecule has 4 rings (SSSR count). The Bertz CT molecular complexity index is 1280. The van der Waals surface area contributed by atoms with Crippen LogP contribution in [0.3, 0.4) is 0 Å². The smallest absolute Gasteiger partial charge is 0.130 e. The molecule has 0 saturated carbocycles. The first kappa shape index (κ1) is 28.7. The third kappa shape index (κ3) is 6.63. The number of rotatable bonds is 13. The van der Waals surface area contributed by atoms with Crippen molar-refractivity contribution in [3.05, 3.63) is 95.1 Å². The molecule has 40 heavy (non-hydrogen) atoms. The molecule has 0 aliphatic carbocycles. The van der Waals surface area contributed by atoms with Crippen molar-refractivity contribution < 1.29 is 28.4 Å². The van der Waals surface area contributed by atoms with Crippen molar-refractivity contribution in [3.63, 3.8) is 0 Å². The molecule has 0 bridgehead atoms. The average Bonchev–Trinajstić information content (AvgIpc) is 3.02. The quantitative estimate of drug-likeness (QED) is 0.182. The second-order valence-electron chi connectivity index (χ2n) is 9.42. The number of aryl methyl sites for hydroxylation is 4. The van der Waals surface area contributed by atoms with E-state index in [1.807, 2.05) is 36.4 Å². The second kappa shape index (κ2) is 13.7. The van der Waals surface area contributed by atoms with Crippen LogP contribution in [0.5, 0.6) is 34.5 Å². The summed E-state index contributed by atoms with van der Waals surface area (Å²) in [6.45, 7) is 0. The van der Waals surface area contributed by atoms with Gasteiger partial charge in [-0.15, -0.1) is 0 Å². The molecule has 0 amide bonds. The molecular weight excluding hydrogens is 504 g/mol. The summed E-state index contributed by atoms with van der Waals surface area (Å²) in [6, 6.07) is 24.5. The van der Waals surface area contributed by atoms with Crippen molar-refractivity contribution in [3.8, 4) is 45.6 Å². The molecule has 4 aromatic carbocycles. The van der Waals surface area contributed by atoms with Gasteiger partial charge in [0.2, 0.25) is 0 Å². The van der Waals surface area contributed by atoms with Crippen LogP contribution in [0, 0.1) is 0 Å². The fourth-order valence-electron chi connectivity index (χ4n) is 4.88. The van der Waals surface area contributed by atoms with E-state index in [9.17, 15) is 0 Å². The van der Waals surface area contributed by atoms with Gasteiger partial charge in [0.05, 0.1) is 42.7 Å². The summed E-state index contributed by atoms with van der Waals surface area (Å²) in [7, 11) is 10.1. The van der Waals surface area contributed by atoms with Gasteiger partial charge in [0.1, 0.15) is 34.5 Å². The lowest BCUT2D eigenvalue weighted by molar-refractivity contribution is 0.388. The lowest BCUT2D eigenvalue weighted by atomic mass is 9.94. The van der Waals surface area contributed by atoms with Gasteiger partial charge in [-0.3, -0.25) is 0 Å². The van der Waals surface area contributed by atoms with Crippen LogP contribution in [-0.2, 0) is 25.7 Å². The molecule has 0 spiro atoms. The van der Waals surface area contributed by atoms with Gasteiger partial charge in [-0.25, -0.2) is 0 Å². The van der Waals surface area contributed by atoms with Crippen molar-refractivity contribution in [1.29, 1.82) is 0 Å². The SMILES string of the molecule is COc1ccc(CCc2cc(-c3cc(CCc4ccc(OC)cc4)c(OC)cc3OC)c(OC)cc2OC)cc1. The van der Waals surface area contributed by atoms with Crippen LogP contribution in [0.25, 0.3) is 11.1 Å². The van der Waals surface area contributed by atoms with Crippen molar-refractivity contribution in [2.24, 2.45) is 0 Å². The predicted molar refractivity (Wildman–Crippen MR) is 159 cm³/mol. The molecule has 6 nitrogen and oxygen atoms in total. The molecule has 210 valence electrons. The Hall–Kier alpha value is -4.32. The van der Waals surface area contributed by atoms with Gasteiger partial charge < -0.3 is 28.4 Å². The average molecular weight is 543 g/mol. The van der Waals surface area contributed by atoms with E-state index in [4.69, 9.17) is 28.4 Å². The van der Waals surface area contributed by atoms with Crippen molar-refractivity contribution in [1.82, 2.24) is 0 Å². The van der Waals surface area contributed by atoms with Crippen LogP contribution in [0.2, 0.25) is 0 Å². The molecular formula is C34H38O6. The Balaban J connectivity index is 1.69. The topological polar surface area (TPSA) is 55.4 Å². The first-order valence-electron chi connectivity index (χ1n) is 13.3. The van der Waals surface area contributed by atoms with E-state index in [1.54, 1.807) is 42.7 Å². The van der Waals surface area contributed by atoms with Gasteiger partial charge in [0, 0.05) is 23.3 Å². The van der Waals surface area contributed by atoms with Crippen molar-refractivity contribution >= 4 is 0 Å². The Kier molecular flexibility index (Phi) is 9.79. The van der Waals surface area contributed by atoms with E-state index < -0.39 is 0 Å². The molecule has 0 aliphatic heterocycles. The first-order valence-corrected chi connectivity index (χ1v) is 13.3. The van der Waals surface area contributed by atoms with Crippen LogP contribution in [0.1, 0.15) is 22.3 Å². The van der Waals surface area contributed by atoms with Crippen LogP contribution < -0.4 is 28.4 Å². The molecule has 0 radical (unpaired) electrons. The zero-order valence-electron chi connectivity index (χ0n) is 24.2. The summed E-state index contributed by atoms with van der Waals surface area (Å²) in [5, 5.41) is 0. The first-order chi connectivity index (χ1) is 19.5. The molecule has 0 N–H and O–H groups in total. The lowest BCUT2D eigenvalue weighted by Gasteiger charge is -2.19. The highest BCUT2D eigenvalue weighted by Crippen LogP contribution is 2.43. The van der Waals surface area contributed by atoms with Gasteiger partial charge in [0.15, 0.2) is 0 Å². The summed E-state index contributed by atoms with van der Waals surface area (Å²) in [6.07, 6.45) is 3.32. The summed E-state index contributed by atoms with van der Waals surface area (Å²) >= 11 is 0. The highest BCUT2D eigenvalue weighted by atomic mass is 16.5. The molecule has 0 heterocycles. The number of hydrogen-bond donors (Lipinski definition) is 0. The normalized spacial score (nSPS) is 10.7. The highest BCUT2D eigenvalue weighted by Gasteiger charge is 2.19. The van der Waals surface area contributed by atoms with Crippen molar-refractivity contribution in [2.75, 3.05) is 42.7 Å². The minimum absolute atomic E-state index is 0.717. The number of benzene rings is 4. The summed E-state index contributed by atoms with van der Waals surface area (Å²) < 4.78 is 33.8. The van der Waals surface area contributed by atoms with Gasteiger partial charge in [0.25, 0.3) is 0 Å². The number of ether oxygens (including phenoxy) is 6. The maximum atomic E-state index is 5.84. The Morgan fingerprint density at radius 2 is 0.725 bits per heavy atom. The molecule has 0 unspecified atom stereocenters. The molecule has 4 aromatic rings. The zero-order chi connectivity index (χ0) is 28.5. The van der Waals surface area contributed by atoms with E-state index in [-0.39, 0.29) is 0 Å². The fraction of sp³-hybridized carbons (Fsp3) is 0.294. The minimum atomic E-state index is 0.717. The zero-order valence-corrected chi connectivity index (χ0v) is 24.2. The Morgan fingerprint density at radius 3 is 1.02 bits per heavy atom. The summed E-state index contributed by atoms with van der Waals surface area (Å²) in [5.41, 5.74) is 6.51. The van der Waals surface area contributed by atoms with Crippen LogP contribution in [-0.4, -0.2) is 42.7 Å². The fourth-order valence-corrected chi connectivity index (χ4v) is 4.88. The summed E-state index contributed by atoms with van der Waals surface area (Å²) in [4.78, 5) is 0. The number of hydrogen-bond acceptors (Lipinski definition) is 6. The second-order valence-corrected chi connectivity index (χ2v) is 9.42. The lowest BCUT2D eigenvalue weighted by Crippen LogP contribution is -2.02. The molecule has 0 saturated heterocycles. The van der Waals surface area contributed by atoms with E-state index in [0.717, 1.165) is 82.4 Å². The molecule has 0 atom stereocenters. The van der Waals surface area contributed by atoms with Gasteiger partial charge in [-0.1, -0.05) is 24.3 Å². The Morgan fingerprint density at radius 1 is 0.375 bits per heavy atom. The number of methoxy groups -OCH3 is 6. The maximum absolute atomic E-state index is 5.84. The van der Waals surface area contributed by atoms with Crippen LogP contribution in [0.15, 0.2) is 72.8 Å².